The number of carbonyl (C=O) groups excluding carboxylic acids is 1. The minimum Gasteiger partial charge on any atom is -0.504 e. The second-order valence-corrected chi connectivity index (χ2v) is 5.99. The Morgan fingerprint density at radius 3 is 2.62 bits per heavy atom. The van der Waals surface area contributed by atoms with E-state index < -0.39 is 17.9 Å². The summed E-state index contributed by atoms with van der Waals surface area (Å²) in [4.78, 5) is 24.5. The molecule has 1 atom stereocenters. The molecule has 1 amide bonds. The fourth-order valence-corrected chi connectivity index (χ4v) is 3.12. The van der Waals surface area contributed by atoms with Gasteiger partial charge in [-0.25, -0.2) is 4.79 Å². The Balaban J connectivity index is 2.32. The molecule has 110 valence electrons. The van der Waals surface area contributed by atoms with Gasteiger partial charge in [0.1, 0.15) is 10.4 Å². The summed E-state index contributed by atoms with van der Waals surface area (Å²) in [5.74, 6) is -2.21. The van der Waals surface area contributed by atoms with E-state index in [0.29, 0.717) is 5.56 Å². The van der Waals surface area contributed by atoms with Crippen LogP contribution in [0.25, 0.3) is 6.08 Å². The third kappa shape index (κ3) is 3.01. The van der Waals surface area contributed by atoms with Crippen LogP contribution in [0.5, 0.6) is 11.5 Å². The van der Waals surface area contributed by atoms with Gasteiger partial charge in [0, 0.05) is 0 Å². The lowest BCUT2D eigenvalue weighted by Crippen LogP contribution is -2.41. The van der Waals surface area contributed by atoms with Crippen molar-refractivity contribution in [3.63, 3.8) is 0 Å². The van der Waals surface area contributed by atoms with Crippen LogP contribution in [0, 0.1) is 0 Å². The maximum Gasteiger partial charge on any atom is 0.326 e. The number of carboxylic acid groups (broad SMARTS) is 1. The van der Waals surface area contributed by atoms with Crippen LogP contribution in [-0.2, 0) is 9.59 Å². The number of amides is 1. The van der Waals surface area contributed by atoms with Gasteiger partial charge in [-0.05, 0) is 30.7 Å². The Morgan fingerprint density at radius 1 is 1.38 bits per heavy atom. The molecule has 1 aromatic carbocycles. The maximum atomic E-state index is 12.2. The van der Waals surface area contributed by atoms with Crippen LogP contribution >= 0.6 is 24.0 Å². The number of hydrogen-bond acceptors (Lipinski definition) is 6. The monoisotopic (exact) mass is 325 g/mol. The number of carboxylic acids is 1. The lowest BCUT2D eigenvalue weighted by molar-refractivity contribution is -0.144. The summed E-state index contributed by atoms with van der Waals surface area (Å²) in [5, 5.41) is 27.6. The van der Waals surface area contributed by atoms with E-state index in [1.807, 2.05) is 0 Å². The number of nitrogens with zero attached hydrogens (tertiary/aromatic N) is 1. The molecule has 6 nitrogen and oxygen atoms in total. The molecule has 21 heavy (non-hydrogen) atoms. The fourth-order valence-electron chi connectivity index (χ4n) is 1.71. The summed E-state index contributed by atoms with van der Waals surface area (Å²) in [6, 6.07) is 3.06. The largest absolute Gasteiger partial charge is 0.504 e. The van der Waals surface area contributed by atoms with Crippen LogP contribution < -0.4 is 0 Å². The Morgan fingerprint density at radius 2 is 2.05 bits per heavy atom. The van der Waals surface area contributed by atoms with Gasteiger partial charge in [-0.2, -0.15) is 0 Å². The minimum atomic E-state index is -1.14. The highest BCUT2D eigenvalue weighted by atomic mass is 32.2. The van der Waals surface area contributed by atoms with E-state index >= 15 is 0 Å². The van der Waals surface area contributed by atoms with Gasteiger partial charge in [-0.1, -0.05) is 30.0 Å². The first-order valence-corrected chi connectivity index (χ1v) is 7.05. The van der Waals surface area contributed by atoms with Crippen molar-refractivity contribution in [3.05, 3.63) is 28.7 Å². The number of thioether (sulfide) groups is 1. The van der Waals surface area contributed by atoms with Crippen LogP contribution in [0.2, 0.25) is 0 Å². The standard InChI is InChI=1S/C13H11NO5S2/c1-6(12(18)19)14-11(17)10(21-13(14)20)5-7-2-3-8(15)9(16)4-7/h2-6,15-16H,1H3,(H,18,19)/b10-5+/t6-/m0/s1. The molecule has 0 radical (unpaired) electrons. The zero-order valence-corrected chi connectivity index (χ0v) is 12.4. The number of benzene rings is 1. The van der Waals surface area contributed by atoms with Crippen molar-refractivity contribution < 1.29 is 24.9 Å². The topological polar surface area (TPSA) is 98.1 Å². The summed E-state index contributed by atoms with van der Waals surface area (Å²) < 4.78 is 0.171. The number of aromatic hydroxyl groups is 2. The highest BCUT2D eigenvalue weighted by Gasteiger charge is 2.38. The molecule has 3 N–H and O–H groups in total. The van der Waals surface area contributed by atoms with Crippen molar-refractivity contribution in [1.29, 1.82) is 0 Å². The first-order chi connectivity index (χ1) is 9.81. The molecule has 0 aromatic heterocycles. The minimum absolute atomic E-state index is 0.171. The summed E-state index contributed by atoms with van der Waals surface area (Å²) >= 11 is 6.02. The molecule has 1 saturated heterocycles. The highest BCUT2D eigenvalue weighted by Crippen LogP contribution is 2.35. The molecule has 1 fully saturated rings. The molecule has 8 heteroatoms. The van der Waals surface area contributed by atoms with Crippen molar-refractivity contribution in [1.82, 2.24) is 4.90 Å². The number of aliphatic carboxylic acids is 1. The molecule has 0 spiro atoms. The molecular weight excluding hydrogens is 314 g/mol. The molecule has 0 aliphatic carbocycles. The van der Waals surface area contributed by atoms with Crippen LogP contribution in [0.4, 0.5) is 0 Å². The van der Waals surface area contributed by atoms with E-state index in [-0.39, 0.29) is 20.7 Å². The van der Waals surface area contributed by atoms with Gasteiger partial charge >= 0.3 is 5.97 Å². The van der Waals surface area contributed by atoms with Crippen molar-refractivity contribution in [2.75, 3.05) is 0 Å². The van der Waals surface area contributed by atoms with E-state index in [9.17, 15) is 19.8 Å². The molecule has 2 rings (SSSR count). The summed E-state index contributed by atoms with van der Waals surface area (Å²) in [6.07, 6.45) is 1.48. The van der Waals surface area contributed by atoms with Gasteiger partial charge in [-0.3, -0.25) is 9.69 Å². The van der Waals surface area contributed by atoms with Gasteiger partial charge in [0.05, 0.1) is 4.91 Å². The Labute approximate surface area is 129 Å². The van der Waals surface area contributed by atoms with Gasteiger partial charge < -0.3 is 15.3 Å². The van der Waals surface area contributed by atoms with Crippen LogP contribution in [0.1, 0.15) is 12.5 Å². The smallest absolute Gasteiger partial charge is 0.326 e. The Bertz CT molecular complexity index is 671. The fraction of sp³-hybridized carbons (Fsp3) is 0.154. The molecule has 0 bridgehead atoms. The highest BCUT2D eigenvalue weighted by molar-refractivity contribution is 8.26. The van der Waals surface area contributed by atoms with Crippen molar-refractivity contribution in [2.45, 2.75) is 13.0 Å². The number of phenolic OH excluding ortho intramolecular Hbond substituents is 2. The second-order valence-electron chi connectivity index (χ2n) is 4.31. The first kappa shape index (κ1) is 15.3. The molecule has 0 unspecified atom stereocenters. The third-order valence-electron chi connectivity index (χ3n) is 2.87. The molecular formula is C13H11NO5S2. The van der Waals surface area contributed by atoms with E-state index in [0.717, 1.165) is 16.7 Å². The number of rotatable bonds is 3. The average Bonchev–Trinajstić information content (AvgIpc) is 2.68. The molecule has 1 heterocycles. The maximum absolute atomic E-state index is 12.2. The van der Waals surface area contributed by atoms with Gasteiger partial charge in [-0.15, -0.1) is 0 Å². The van der Waals surface area contributed by atoms with Gasteiger partial charge in [0.2, 0.25) is 0 Å². The number of hydrogen-bond donors (Lipinski definition) is 3. The number of phenols is 2. The van der Waals surface area contributed by atoms with E-state index in [4.69, 9.17) is 17.3 Å². The SMILES string of the molecule is C[C@@H](C(=O)O)N1C(=O)/C(=C\c2ccc(O)c(O)c2)SC1=S. The second kappa shape index (κ2) is 5.74. The predicted molar refractivity (Wildman–Crippen MR) is 81.9 cm³/mol. The van der Waals surface area contributed by atoms with Crippen LogP contribution in [0.3, 0.4) is 0 Å². The van der Waals surface area contributed by atoms with Crippen molar-refractivity contribution in [3.8, 4) is 11.5 Å². The average molecular weight is 325 g/mol. The lowest BCUT2D eigenvalue weighted by atomic mass is 10.2. The van der Waals surface area contributed by atoms with E-state index in [1.165, 1.54) is 31.2 Å². The Kier molecular flexibility index (Phi) is 4.19. The summed E-state index contributed by atoms with van der Waals surface area (Å²) in [5.41, 5.74) is 0.494. The summed E-state index contributed by atoms with van der Waals surface area (Å²) in [6.45, 7) is 1.38. The zero-order chi connectivity index (χ0) is 15.7. The van der Waals surface area contributed by atoms with E-state index in [1.54, 1.807) is 0 Å². The van der Waals surface area contributed by atoms with Crippen LogP contribution in [0.15, 0.2) is 23.1 Å². The molecule has 0 saturated carbocycles. The third-order valence-corrected chi connectivity index (χ3v) is 4.20. The quantitative estimate of drug-likeness (QED) is 0.442. The number of carbonyl (C=O) groups is 2. The summed E-state index contributed by atoms with van der Waals surface area (Å²) in [7, 11) is 0. The molecule has 1 aromatic rings. The molecule has 1 aliphatic heterocycles. The van der Waals surface area contributed by atoms with Gasteiger partial charge in [0.25, 0.3) is 5.91 Å². The molecule has 1 aliphatic rings. The van der Waals surface area contributed by atoms with Gasteiger partial charge in [0.15, 0.2) is 11.5 Å². The normalized spacial score (nSPS) is 18.3. The van der Waals surface area contributed by atoms with Crippen LogP contribution in [-0.4, -0.2) is 42.5 Å². The number of thiocarbonyl (C=S) groups is 1. The predicted octanol–water partition coefficient (Wildman–Crippen LogP) is 1.77. The first-order valence-electron chi connectivity index (χ1n) is 5.83. The lowest BCUT2D eigenvalue weighted by Gasteiger charge is -2.18. The Hall–Kier alpha value is -2.06. The van der Waals surface area contributed by atoms with Crippen molar-refractivity contribution >= 4 is 46.3 Å². The van der Waals surface area contributed by atoms with E-state index in [2.05, 4.69) is 0 Å². The zero-order valence-electron chi connectivity index (χ0n) is 10.8. The van der Waals surface area contributed by atoms with Crippen molar-refractivity contribution in [2.24, 2.45) is 0 Å².